The van der Waals surface area contributed by atoms with Gasteiger partial charge in [-0.15, -0.1) is 11.3 Å². The first kappa shape index (κ1) is 12.8. The third-order valence-electron chi connectivity index (χ3n) is 3.14. The van der Waals surface area contributed by atoms with Crippen LogP contribution in [0.2, 0.25) is 0 Å². The molecule has 3 aromatic rings. The van der Waals surface area contributed by atoms with Gasteiger partial charge in [-0.05, 0) is 34.5 Å². The number of benzene rings is 2. The van der Waals surface area contributed by atoms with Gasteiger partial charge < -0.3 is 5.73 Å². The number of rotatable bonds is 2. The van der Waals surface area contributed by atoms with Gasteiger partial charge in [0.2, 0.25) is 0 Å². The fraction of sp³-hybridized carbons (Fsp3) is 0.0667. The summed E-state index contributed by atoms with van der Waals surface area (Å²) in [5.41, 5.74) is 7.72. The first-order valence-corrected chi connectivity index (χ1v) is 7.51. The first-order chi connectivity index (χ1) is 9.16. The van der Waals surface area contributed by atoms with Crippen LogP contribution in [0.25, 0.3) is 10.1 Å². The quantitative estimate of drug-likeness (QED) is 0.711. The Labute approximate surface area is 123 Å². The highest BCUT2D eigenvalue weighted by molar-refractivity contribution is 9.10. The van der Waals surface area contributed by atoms with E-state index in [1.54, 1.807) is 17.4 Å². The number of fused-ring (bicyclic) bond motifs is 1. The molecule has 1 heterocycles. The molecule has 4 heteroatoms. The average molecular weight is 336 g/mol. The minimum absolute atomic E-state index is 0.280. The van der Waals surface area contributed by atoms with E-state index in [-0.39, 0.29) is 5.82 Å². The molecule has 1 atom stereocenters. The molecule has 2 N–H and O–H groups in total. The average Bonchev–Trinajstić information content (AvgIpc) is 2.82. The van der Waals surface area contributed by atoms with Gasteiger partial charge in [0.05, 0.1) is 6.04 Å². The fourth-order valence-corrected chi connectivity index (χ4v) is 3.49. The van der Waals surface area contributed by atoms with Crippen LogP contribution in [0.1, 0.15) is 17.2 Å². The predicted molar refractivity (Wildman–Crippen MR) is 82.0 cm³/mol. The number of nitrogens with two attached hydrogens (primary N) is 1. The lowest BCUT2D eigenvalue weighted by atomic mass is 9.99. The summed E-state index contributed by atoms with van der Waals surface area (Å²) in [6.07, 6.45) is 0. The largest absolute Gasteiger partial charge is 0.320 e. The van der Waals surface area contributed by atoms with Crippen LogP contribution in [0.5, 0.6) is 0 Å². The summed E-state index contributed by atoms with van der Waals surface area (Å²) in [4.78, 5) is 0. The van der Waals surface area contributed by atoms with Gasteiger partial charge in [0.25, 0.3) is 0 Å². The van der Waals surface area contributed by atoms with Crippen LogP contribution in [-0.2, 0) is 0 Å². The smallest absolute Gasteiger partial charge is 0.129 e. The van der Waals surface area contributed by atoms with E-state index in [1.807, 2.05) is 35.7 Å². The van der Waals surface area contributed by atoms with Gasteiger partial charge in [-0.25, -0.2) is 4.39 Å². The van der Waals surface area contributed by atoms with Crippen molar-refractivity contribution in [3.8, 4) is 0 Å². The molecule has 0 amide bonds. The van der Waals surface area contributed by atoms with E-state index in [2.05, 4.69) is 15.9 Å². The van der Waals surface area contributed by atoms with E-state index in [0.717, 1.165) is 15.4 Å². The third kappa shape index (κ3) is 2.31. The van der Waals surface area contributed by atoms with E-state index in [4.69, 9.17) is 5.73 Å². The molecule has 0 aliphatic heterocycles. The number of halogens is 2. The molecule has 0 spiro atoms. The lowest BCUT2D eigenvalue weighted by Gasteiger charge is -2.13. The molecular weight excluding hydrogens is 325 g/mol. The van der Waals surface area contributed by atoms with Crippen LogP contribution >= 0.6 is 27.3 Å². The first-order valence-electron chi connectivity index (χ1n) is 5.83. The van der Waals surface area contributed by atoms with E-state index in [9.17, 15) is 4.39 Å². The predicted octanol–water partition coefficient (Wildman–Crippen LogP) is 4.85. The number of hydrogen-bond acceptors (Lipinski definition) is 2. The van der Waals surface area contributed by atoms with Crippen LogP contribution < -0.4 is 5.73 Å². The molecule has 1 unspecified atom stereocenters. The summed E-state index contributed by atoms with van der Waals surface area (Å²) >= 11 is 4.89. The van der Waals surface area contributed by atoms with Gasteiger partial charge in [-0.1, -0.05) is 40.2 Å². The van der Waals surface area contributed by atoms with E-state index in [0.29, 0.717) is 5.56 Å². The van der Waals surface area contributed by atoms with Gasteiger partial charge in [0, 0.05) is 14.7 Å². The standard InChI is InChI=1S/C15H11BrFNS/c16-9-5-6-11(13(17)7-9)15(18)12-8-19-14-4-2-1-3-10(12)14/h1-8,15H,18H2. The molecule has 2 aromatic carbocycles. The molecule has 0 radical (unpaired) electrons. The molecule has 0 aliphatic carbocycles. The molecule has 0 saturated carbocycles. The van der Waals surface area contributed by atoms with Crippen molar-refractivity contribution in [2.24, 2.45) is 5.73 Å². The Morgan fingerprint density at radius 2 is 1.89 bits per heavy atom. The Morgan fingerprint density at radius 3 is 2.68 bits per heavy atom. The van der Waals surface area contributed by atoms with Gasteiger partial charge >= 0.3 is 0 Å². The summed E-state index contributed by atoms with van der Waals surface area (Å²) in [5, 5.41) is 3.11. The topological polar surface area (TPSA) is 26.0 Å². The number of hydrogen-bond donors (Lipinski definition) is 1. The molecule has 0 saturated heterocycles. The van der Waals surface area contributed by atoms with Crippen LogP contribution in [0.15, 0.2) is 52.3 Å². The highest BCUT2D eigenvalue weighted by Crippen LogP contribution is 2.33. The fourth-order valence-electron chi connectivity index (χ4n) is 2.16. The highest BCUT2D eigenvalue weighted by atomic mass is 79.9. The maximum Gasteiger partial charge on any atom is 0.129 e. The van der Waals surface area contributed by atoms with Crippen molar-refractivity contribution in [2.45, 2.75) is 6.04 Å². The van der Waals surface area contributed by atoms with Crippen LogP contribution in [0.4, 0.5) is 4.39 Å². The summed E-state index contributed by atoms with van der Waals surface area (Å²) in [5.74, 6) is -0.280. The second kappa shape index (κ2) is 5.04. The molecule has 1 nitrogen and oxygen atoms in total. The molecule has 0 bridgehead atoms. The summed E-state index contributed by atoms with van der Waals surface area (Å²) < 4.78 is 15.9. The molecule has 0 aliphatic rings. The van der Waals surface area contributed by atoms with E-state index < -0.39 is 6.04 Å². The molecule has 0 fully saturated rings. The molecule has 3 rings (SSSR count). The van der Waals surface area contributed by atoms with Gasteiger partial charge in [-0.2, -0.15) is 0 Å². The lowest BCUT2D eigenvalue weighted by molar-refractivity contribution is 0.599. The second-order valence-electron chi connectivity index (χ2n) is 4.33. The SMILES string of the molecule is NC(c1ccc(Br)cc1F)c1csc2ccccc12. The molecule has 1 aromatic heterocycles. The van der Waals surface area contributed by atoms with Gasteiger partial charge in [0.1, 0.15) is 5.82 Å². The maximum atomic E-state index is 14.0. The normalized spacial score (nSPS) is 12.8. The summed E-state index contributed by atoms with van der Waals surface area (Å²) in [6, 6.07) is 12.6. The van der Waals surface area contributed by atoms with Crippen molar-refractivity contribution >= 4 is 37.4 Å². The minimum atomic E-state index is -0.441. The van der Waals surface area contributed by atoms with Gasteiger partial charge in [-0.3, -0.25) is 0 Å². The van der Waals surface area contributed by atoms with Crippen molar-refractivity contribution in [1.82, 2.24) is 0 Å². The van der Waals surface area contributed by atoms with Crippen molar-refractivity contribution < 1.29 is 4.39 Å². The van der Waals surface area contributed by atoms with Crippen molar-refractivity contribution in [3.63, 3.8) is 0 Å². The number of thiophene rings is 1. The van der Waals surface area contributed by atoms with Crippen molar-refractivity contribution in [1.29, 1.82) is 0 Å². The monoisotopic (exact) mass is 335 g/mol. The summed E-state index contributed by atoms with van der Waals surface area (Å²) in [6.45, 7) is 0. The van der Waals surface area contributed by atoms with E-state index in [1.165, 1.54) is 10.8 Å². The zero-order valence-electron chi connectivity index (χ0n) is 9.94. The Bertz CT molecular complexity index is 738. The Morgan fingerprint density at radius 1 is 1.11 bits per heavy atom. The van der Waals surface area contributed by atoms with Crippen molar-refractivity contribution in [3.05, 3.63) is 69.3 Å². The zero-order chi connectivity index (χ0) is 13.4. The Balaban J connectivity index is 2.10. The lowest BCUT2D eigenvalue weighted by Crippen LogP contribution is -2.13. The second-order valence-corrected chi connectivity index (χ2v) is 6.16. The highest BCUT2D eigenvalue weighted by Gasteiger charge is 2.17. The maximum absolute atomic E-state index is 14.0. The minimum Gasteiger partial charge on any atom is -0.320 e. The Kier molecular flexibility index (Phi) is 3.39. The summed E-state index contributed by atoms with van der Waals surface area (Å²) in [7, 11) is 0. The molecular formula is C15H11BrFNS. The Hall–Kier alpha value is -1.23. The molecule has 19 heavy (non-hydrogen) atoms. The van der Waals surface area contributed by atoms with Crippen LogP contribution in [-0.4, -0.2) is 0 Å². The third-order valence-corrected chi connectivity index (χ3v) is 4.62. The van der Waals surface area contributed by atoms with Crippen LogP contribution in [0, 0.1) is 5.82 Å². The van der Waals surface area contributed by atoms with E-state index >= 15 is 0 Å². The van der Waals surface area contributed by atoms with Crippen LogP contribution in [0.3, 0.4) is 0 Å². The van der Waals surface area contributed by atoms with Gasteiger partial charge in [0.15, 0.2) is 0 Å². The zero-order valence-corrected chi connectivity index (χ0v) is 12.3. The van der Waals surface area contributed by atoms with Crippen molar-refractivity contribution in [2.75, 3.05) is 0 Å². The molecule has 96 valence electrons.